The molecule has 0 saturated heterocycles. The summed E-state index contributed by atoms with van der Waals surface area (Å²) < 4.78 is 5.36. The number of carbonyl (C=O) groups excluding carboxylic acids is 4. The van der Waals surface area contributed by atoms with E-state index in [-0.39, 0.29) is 24.1 Å². The summed E-state index contributed by atoms with van der Waals surface area (Å²) in [6.07, 6.45) is -0.474. The van der Waals surface area contributed by atoms with E-state index < -0.39 is 11.7 Å². The van der Waals surface area contributed by atoms with E-state index in [0.717, 1.165) is 10.4 Å². The minimum atomic E-state index is -0.676. The van der Waals surface area contributed by atoms with Crippen LogP contribution in [-0.2, 0) is 14.3 Å². The van der Waals surface area contributed by atoms with Gasteiger partial charge in [-0.3, -0.25) is 19.7 Å². The van der Waals surface area contributed by atoms with Crippen molar-refractivity contribution in [2.24, 2.45) is 0 Å². The fourth-order valence-corrected chi connectivity index (χ4v) is 4.04. The smallest absolute Gasteiger partial charge is 0.412 e. The van der Waals surface area contributed by atoms with Crippen molar-refractivity contribution in [3.63, 3.8) is 0 Å². The molecule has 200 valence electrons. The normalized spacial score (nSPS) is 10.9. The lowest BCUT2D eigenvalue weighted by Crippen LogP contribution is -2.28. The Kier molecular flexibility index (Phi) is 9.25. The van der Waals surface area contributed by atoms with Crippen LogP contribution in [0.5, 0.6) is 0 Å². The molecule has 0 fully saturated rings. The molecule has 38 heavy (non-hydrogen) atoms. The van der Waals surface area contributed by atoms with Gasteiger partial charge in [0.2, 0.25) is 11.8 Å². The Hall–Kier alpha value is -4.18. The highest BCUT2D eigenvalue weighted by atomic mass is 32.1. The highest BCUT2D eigenvalue weighted by Gasteiger charge is 2.19. The van der Waals surface area contributed by atoms with Gasteiger partial charge in [0.15, 0.2) is 0 Å². The molecule has 4 amide bonds. The van der Waals surface area contributed by atoms with Gasteiger partial charge in [-0.1, -0.05) is 12.1 Å². The first-order valence-electron chi connectivity index (χ1n) is 12.0. The van der Waals surface area contributed by atoms with E-state index in [0.29, 0.717) is 29.2 Å². The third kappa shape index (κ3) is 8.45. The predicted octanol–water partition coefficient (Wildman–Crippen LogP) is 5.82. The molecule has 0 saturated carbocycles. The monoisotopic (exact) mass is 536 g/mol. The Morgan fingerprint density at radius 3 is 2.24 bits per heavy atom. The number of nitrogens with one attached hydrogen (secondary N) is 3. The molecule has 0 radical (unpaired) electrons. The van der Waals surface area contributed by atoms with Gasteiger partial charge in [0.05, 0.1) is 11.4 Å². The van der Waals surface area contributed by atoms with Crippen molar-refractivity contribution in [3.05, 3.63) is 65.5 Å². The van der Waals surface area contributed by atoms with Crippen LogP contribution in [0.25, 0.3) is 10.4 Å². The van der Waals surface area contributed by atoms with Crippen LogP contribution < -0.4 is 16.0 Å². The third-order valence-electron chi connectivity index (χ3n) is 5.35. The first-order valence-corrected chi connectivity index (χ1v) is 12.9. The molecule has 10 heteroatoms. The zero-order valence-electron chi connectivity index (χ0n) is 22.1. The number of carbonyl (C=O) groups is 4. The SMILES string of the molecule is CC(=O)N(C)CCC(=O)Nc1ccc(C(=O)Nc2cc(-c3cccs3)ccc2NC(=O)OC(C)(C)C)cc1. The zero-order valence-corrected chi connectivity index (χ0v) is 22.9. The largest absolute Gasteiger partial charge is 0.444 e. The molecule has 3 N–H and O–H groups in total. The molecule has 0 bridgehead atoms. The van der Waals surface area contributed by atoms with E-state index in [1.807, 2.05) is 23.6 Å². The van der Waals surface area contributed by atoms with Gasteiger partial charge in [-0.05, 0) is 74.2 Å². The number of thiophene rings is 1. The number of rotatable bonds is 8. The molecule has 0 spiro atoms. The van der Waals surface area contributed by atoms with Crippen molar-refractivity contribution >= 4 is 52.2 Å². The molecule has 0 atom stereocenters. The predicted molar refractivity (Wildman–Crippen MR) is 151 cm³/mol. The standard InChI is InChI=1S/C28H32N4O5S/c1-18(33)32(5)15-14-25(34)29-21-11-8-19(9-12-21)26(35)30-23-17-20(24-7-6-16-38-24)10-13-22(23)31-27(36)37-28(2,3)4/h6-13,16-17H,14-15H2,1-5H3,(H,29,34)(H,30,35)(H,31,36). The third-order valence-corrected chi connectivity index (χ3v) is 6.27. The molecule has 2 aromatic carbocycles. The van der Waals surface area contributed by atoms with Gasteiger partial charge in [-0.15, -0.1) is 11.3 Å². The first kappa shape index (κ1) is 28.4. The highest BCUT2D eigenvalue weighted by molar-refractivity contribution is 7.13. The maximum atomic E-state index is 13.1. The summed E-state index contributed by atoms with van der Waals surface area (Å²) >= 11 is 1.56. The van der Waals surface area contributed by atoms with Crippen LogP contribution in [0.4, 0.5) is 21.9 Å². The Balaban J connectivity index is 1.73. The van der Waals surface area contributed by atoms with E-state index in [9.17, 15) is 19.2 Å². The topological polar surface area (TPSA) is 117 Å². The van der Waals surface area contributed by atoms with Crippen molar-refractivity contribution in [3.8, 4) is 10.4 Å². The van der Waals surface area contributed by atoms with Crippen LogP contribution in [0.15, 0.2) is 60.0 Å². The highest BCUT2D eigenvalue weighted by Crippen LogP contribution is 2.32. The van der Waals surface area contributed by atoms with E-state index in [1.165, 1.54) is 11.8 Å². The molecule has 0 aliphatic carbocycles. The maximum Gasteiger partial charge on any atom is 0.412 e. The Bertz CT molecular complexity index is 1300. The molecular formula is C28H32N4O5S. The van der Waals surface area contributed by atoms with Crippen LogP contribution in [0.2, 0.25) is 0 Å². The Labute approximate surface area is 226 Å². The van der Waals surface area contributed by atoms with Crippen molar-refractivity contribution < 1.29 is 23.9 Å². The second kappa shape index (κ2) is 12.4. The maximum absolute atomic E-state index is 13.1. The molecule has 1 heterocycles. The van der Waals surface area contributed by atoms with Gasteiger partial charge in [-0.2, -0.15) is 0 Å². The molecule has 0 unspecified atom stereocenters. The zero-order chi connectivity index (χ0) is 27.9. The van der Waals surface area contributed by atoms with Gasteiger partial charge in [0.25, 0.3) is 5.91 Å². The number of amides is 4. The van der Waals surface area contributed by atoms with Crippen LogP contribution in [-0.4, -0.2) is 47.9 Å². The van der Waals surface area contributed by atoms with E-state index in [4.69, 9.17) is 4.74 Å². The Morgan fingerprint density at radius 2 is 1.63 bits per heavy atom. The minimum absolute atomic E-state index is 0.112. The summed E-state index contributed by atoms with van der Waals surface area (Å²) in [5.41, 5.74) is 1.92. The van der Waals surface area contributed by atoms with Gasteiger partial charge >= 0.3 is 6.09 Å². The number of ether oxygens (including phenoxy) is 1. The molecule has 3 rings (SSSR count). The lowest BCUT2D eigenvalue weighted by atomic mass is 10.1. The number of benzene rings is 2. The molecule has 0 aliphatic heterocycles. The summed E-state index contributed by atoms with van der Waals surface area (Å²) in [6, 6.07) is 15.7. The molecule has 0 aliphatic rings. The van der Waals surface area contributed by atoms with Crippen molar-refractivity contribution in [2.45, 2.75) is 39.7 Å². The summed E-state index contributed by atoms with van der Waals surface area (Å²) in [7, 11) is 1.63. The van der Waals surface area contributed by atoms with Gasteiger partial charge < -0.3 is 20.3 Å². The fraction of sp³-hybridized carbons (Fsp3) is 0.286. The number of anilines is 3. The summed E-state index contributed by atoms with van der Waals surface area (Å²) in [4.78, 5) is 51.4. The number of hydrogen-bond donors (Lipinski definition) is 3. The van der Waals surface area contributed by atoms with Gasteiger partial charge in [-0.25, -0.2) is 4.79 Å². The summed E-state index contributed by atoms with van der Waals surface area (Å²) in [5.74, 6) is -0.737. The Morgan fingerprint density at radius 1 is 0.921 bits per heavy atom. The van der Waals surface area contributed by atoms with Crippen LogP contribution in [0.3, 0.4) is 0 Å². The average Bonchev–Trinajstić information content (AvgIpc) is 3.38. The van der Waals surface area contributed by atoms with Gasteiger partial charge in [0, 0.05) is 43.1 Å². The van der Waals surface area contributed by atoms with Crippen molar-refractivity contribution in [1.82, 2.24) is 4.90 Å². The summed E-state index contributed by atoms with van der Waals surface area (Å²) in [5, 5.41) is 10.3. The molecule has 1 aromatic heterocycles. The fourth-order valence-electron chi connectivity index (χ4n) is 3.32. The van der Waals surface area contributed by atoms with Crippen LogP contribution >= 0.6 is 11.3 Å². The first-order chi connectivity index (χ1) is 17.9. The van der Waals surface area contributed by atoms with Crippen LogP contribution in [0, 0.1) is 0 Å². The van der Waals surface area contributed by atoms with Gasteiger partial charge in [0.1, 0.15) is 5.60 Å². The van der Waals surface area contributed by atoms with E-state index >= 15 is 0 Å². The second-order valence-electron chi connectivity index (χ2n) is 9.63. The molecule has 9 nitrogen and oxygen atoms in total. The lowest BCUT2D eigenvalue weighted by Gasteiger charge is -2.21. The summed E-state index contributed by atoms with van der Waals surface area (Å²) in [6.45, 7) is 7.06. The van der Waals surface area contributed by atoms with Crippen molar-refractivity contribution in [1.29, 1.82) is 0 Å². The van der Waals surface area contributed by atoms with Crippen molar-refractivity contribution in [2.75, 3.05) is 29.5 Å². The minimum Gasteiger partial charge on any atom is -0.444 e. The van der Waals surface area contributed by atoms with E-state index in [2.05, 4.69) is 16.0 Å². The number of nitrogens with zero attached hydrogens (tertiary/aromatic N) is 1. The molecular weight excluding hydrogens is 504 g/mol. The van der Waals surface area contributed by atoms with Crippen LogP contribution in [0.1, 0.15) is 44.5 Å². The quantitative estimate of drug-likeness (QED) is 0.335. The lowest BCUT2D eigenvalue weighted by molar-refractivity contribution is -0.128. The van der Waals surface area contributed by atoms with E-state index in [1.54, 1.807) is 75.6 Å². The average molecular weight is 537 g/mol. The molecule has 3 aromatic rings. The number of hydrogen-bond acceptors (Lipinski definition) is 6. The second-order valence-corrected chi connectivity index (χ2v) is 10.6.